The summed E-state index contributed by atoms with van der Waals surface area (Å²) in [5, 5.41) is 7.77. The van der Waals surface area contributed by atoms with Crippen LogP contribution in [-0.4, -0.2) is 13.1 Å². The van der Waals surface area contributed by atoms with Crippen LogP contribution in [0.4, 0.5) is 11.4 Å². The summed E-state index contributed by atoms with van der Waals surface area (Å²) in [6.45, 7) is 6.41. The van der Waals surface area contributed by atoms with Crippen molar-refractivity contribution >= 4 is 54.9 Å². The van der Waals surface area contributed by atoms with Gasteiger partial charge in [0.05, 0.1) is 0 Å². The minimum Gasteiger partial charge on any atom is -0.456 e. The van der Waals surface area contributed by atoms with E-state index in [-0.39, 0.29) is 0 Å². The van der Waals surface area contributed by atoms with Gasteiger partial charge in [0, 0.05) is 35.2 Å². The molecule has 37 heavy (non-hydrogen) atoms. The third-order valence-corrected chi connectivity index (χ3v) is 7.86. The number of hydrogen-bond acceptors (Lipinski definition) is 3. The van der Waals surface area contributed by atoms with Crippen molar-refractivity contribution in [2.24, 2.45) is 0 Å². The molecule has 0 spiro atoms. The number of hydrogen-bond donors (Lipinski definition) is 1. The van der Waals surface area contributed by atoms with Crippen LogP contribution in [0.1, 0.15) is 37.8 Å². The number of furan rings is 1. The molecule has 1 aliphatic carbocycles. The van der Waals surface area contributed by atoms with Crippen molar-refractivity contribution in [2.45, 2.75) is 39.5 Å². The SMILES string of the molecule is CCN(CC)c1ccc2oc3ccccc3c2c1.Nc1ccc2c(ccc3c4c(ccc32)CCCC4)c1. The molecule has 0 saturated carbocycles. The van der Waals surface area contributed by atoms with Gasteiger partial charge in [-0.1, -0.05) is 48.5 Å². The molecule has 0 radical (unpaired) electrons. The maximum Gasteiger partial charge on any atom is 0.135 e. The Hall–Kier alpha value is -3.98. The molecular formula is C34H34N2O. The highest BCUT2D eigenvalue weighted by atomic mass is 16.3. The lowest BCUT2D eigenvalue weighted by atomic mass is 9.86. The average molecular weight is 487 g/mol. The molecule has 0 fully saturated rings. The van der Waals surface area contributed by atoms with Crippen LogP contribution in [0.5, 0.6) is 0 Å². The molecule has 6 aromatic rings. The largest absolute Gasteiger partial charge is 0.456 e. The van der Waals surface area contributed by atoms with Gasteiger partial charge in [-0.05, 0) is 109 Å². The zero-order chi connectivity index (χ0) is 25.4. The number of rotatable bonds is 3. The minimum absolute atomic E-state index is 0.838. The Morgan fingerprint density at radius 3 is 2.30 bits per heavy atom. The maximum atomic E-state index is 5.88. The van der Waals surface area contributed by atoms with Gasteiger partial charge in [0.2, 0.25) is 0 Å². The Morgan fingerprint density at radius 1 is 0.676 bits per heavy atom. The molecule has 1 aliphatic rings. The molecule has 186 valence electrons. The number of nitrogens with zero attached hydrogens (tertiary/aromatic N) is 1. The number of nitrogens with two attached hydrogens (primary N) is 1. The van der Waals surface area contributed by atoms with E-state index in [1.807, 2.05) is 18.2 Å². The molecule has 0 atom stereocenters. The fourth-order valence-corrected chi connectivity index (χ4v) is 5.92. The molecule has 0 saturated heterocycles. The molecule has 0 amide bonds. The first-order valence-corrected chi connectivity index (χ1v) is 13.5. The van der Waals surface area contributed by atoms with Gasteiger partial charge in [-0.25, -0.2) is 0 Å². The Balaban J connectivity index is 0.000000136. The van der Waals surface area contributed by atoms with Gasteiger partial charge in [-0.3, -0.25) is 0 Å². The van der Waals surface area contributed by atoms with E-state index < -0.39 is 0 Å². The lowest BCUT2D eigenvalue weighted by Crippen LogP contribution is -2.21. The number of aryl methyl sites for hydroxylation is 2. The number of fused-ring (bicyclic) bond motifs is 8. The van der Waals surface area contributed by atoms with Crippen LogP contribution in [-0.2, 0) is 12.8 Å². The van der Waals surface area contributed by atoms with Crippen molar-refractivity contribution in [2.75, 3.05) is 23.7 Å². The summed E-state index contributed by atoms with van der Waals surface area (Å²) in [4.78, 5) is 2.35. The van der Waals surface area contributed by atoms with Crippen LogP contribution in [0.15, 0.2) is 89.3 Å². The van der Waals surface area contributed by atoms with Crippen LogP contribution >= 0.6 is 0 Å². The highest BCUT2D eigenvalue weighted by Crippen LogP contribution is 2.34. The zero-order valence-electron chi connectivity index (χ0n) is 21.8. The van der Waals surface area contributed by atoms with E-state index in [9.17, 15) is 0 Å². The lowest BCUT2D eigenvalue weighted by Gasteiger charge is -2.20. The second-order valence-electron chi connectivity index (χ2n) is 10.0. The number of anilines is 2. The molecule has 2 N–H and O–H groups in total. The zero-order valence-corrected chi connectivity index (χ0v) is 21.8. The normalized spacial score (nSPS) is 13.0. The fraction of sp³-hybridized carbons (Fsp3) is 0.235. The van der Waals surface area contributed by atoms with Gasteiger partial charge in [0.1, 0.15) is 11.2 Å². The smallest absolute Gasteiger partial charge is 0.135 e. The molecule has 0 bridgehead atoms. The second-order valence-corrected chi connectivity index (χ2v) is 10.0. The maximum absolute atomic E-state index is 5.88. The van der Waals surface area contributed by atoms with Crippen molar-refractivity contribution in [3.05, 3.63) is 96.1 Å². The van der Waals surface area contributed by atoms with Gasteiger partial charge in [0.15, 0.2) is 0 Å². The van der Waals surface area contributed by atoms with Gasteiger partial charge in [-0.2, -0.15) is 0 Å². The van der Waals surface area contributed by atoms with Crippen LogP contribution in [0.2, 0.25) is 0 Å². The summed E-state index contributed by atoms with van der Waals surface area (Å²) < 4.78 is 5.84. The first kappa shape index (κ1) is 23.4. The highest BCUT2D eigenvalue weighted by Gasteiger charge is 2.13. The quantitative estimate of drug-likeness (QED) is 0.201. The van der Waals surface area contributed by atoms with Gasteiger partial charge < -0.3 is 15.1 Å². The molecule has 0 unspecified atom stereocenters. The number of para-hydroxylation sites is 1. The Bertz CT molecular complexity index is 1730. The molecule has 3 nitrogen and oxygen atoms in total. The fourth-order valence-electron chi connectivity index (χ4n) is 5.92. The first-order chi connectivity index (χ1) is 18.2. The van der Waals surface area contributed by atoms with E-state index in [1.54, 1.807) is 11.1 Å². The predicted molar refractivity (Wildman–Crippen MR) is 160 cm³/mol. The topological polar surface area (TPSA) is 42.4 Å². The van der Waals surface area contributed by atoms with Gasteiger partial charge in [0.25, 0.3) is 0 Å². The van der Waals surface area contributed by atoms with Crippen molar-refractivity contribution in [3.63, 3.8) is 0 Å². The third kappa shape index (κ3) is 4.29. The summed E-state index contributed by atoms with van der Waals surface area (Å²) in [6.07, 6.45) is 5.13. The Morgan fingerprint density at radius 2 is 1.43 bits per heavy atom. The molecule has 1 aromatic heterocycles. The molecular weight excluding hydrogens is 452 g/mol. The van der Waals surface area contributed by atoms with E-state index in [0.29, 0.717) is 0 Å². The summed E-state index contributed by atoms with van der Waals surface area (Å²) >= 11 is 0. The number of nitrogen functional groups attached to an aromatic ring is 1. The summed E-state index contributed by atoms with van der Waals surface area (Å²) in [5.41, 5.74) is 13.0. The Labute approximate surface area is 218 Å². The van der Waals surface area contributed by atoms with Crippen molar-refractivity contribution < 1.29 is 4.42 Å². The van der Waals surface area contributed by atoms with E-state index in [2.05, 4.69) is 85.5 Å². The van der Waals surface area contributed by atoms with Crippen LogP contribution in [0.25, 0.3) is 43.5 Å². The van der Waals surface area contributed by atoms with Crippen LogP contribution < -0.4 is 10.6 Å². The van der Waals surface area contributed by atoms with Crippen molar-refractivity contribution in [3.8, 4) is 0 Å². The predicted octanol–water partition coefficient (Wildman–Crippen LogP) is 8.89. The third-order valence-electron chi connectivity index (χ3n) is 7.86. The molecule has 1 heterocycles. The van der Waals surface area contributed by atoms with Crippen LogP contribution in [0.3, 0.4) is 0 Å². The van der Waals surface area contributed by atoms with Crippen molar-refractivity contribution in [1.82, 2.24) is 0 Å². The van der Waals surface area contributed by atoms with Crippen molar-refractivity contribution in [1.29, 1.82) is 0 Å². The molecule has 5 aromatic carbocycles. The van der Waals surface area contributed by atoms with Gasteiger partial charge in [-0.15, -0.1) is 0 Å². The minimum atomic E-state index is 0.838. The van der Waals surface area contributed by atoms with Gasteiger partial charge >= 0.3 is 0 Å². The summed E-state index contributed by atoms with van der Waals surface area (Å²) in [6, 6.07) is 30.0. The monoisotopic (exact) mass is 486 g/mol. The van der Waals surface area contributed by atoms with Crippen LogP contribution in [0, 0.1) is 0 Å². The molecule has 7 rings (SSSR count). The van der Waals surface area contributed by atoms with E-state index in [1.165, 1.54) is 63.7 Å². The first-order valence-electron chi connectivity index (χ1n) is 13.5. The average Bonchev–Trinajstić information content (AvgIpc) is 3.32. The number of benzene rings is 5. The summed E-state index contributed by atoms with van der Waals surface area (Å²) in [5.74, 6) is 0. The molecule has 0 aliphatic heterocycles. The van der Waals surface area contributed by atoms with E-state index >= 15 is 0 Å². The highest BCUT2D eigenvalue weighted by molar-refractivity contribution is 6.09. The van der Waals surface area contributed by atoms with E-state index in [0.717, 1.165) is 29.9 Å². The Kier molecular flexibility index (Phi) is 6.21. The second kappa shape index (κ2) is 9.82. The van der Waals surface area contributed by atoms with E-state index in [4.69, 9.17) is 10.2 Å². The molecule has 3 heteroatoms. The standard InChI is InChI=1S/C18H17N.C16H17NO/c19-14-7-10-16-13(11-14)6-9-17-15-4-2-1-3-12(15)5-8-18(16)17;1-3-17(4-2)12-9-10-16-14(11-12)13-7-5-6-8-15(13)18-16/h5-11H,1-4,19H2;5-11H,3-4H2,1-2H3. The summed E-state index contributed by atoms with van der Waals surface area (Å²) in [7, 11) is 0. The lowest BCUT2D eigenvalue weighted by molar-refractivity contribution is 0.669.